The minimum absolute atomic E-state index is 0.124. The van der Waals surface area contributed by atoms with Gasteiger partial charge in [-0.1, -0.05) is 38.5 Å². The molecule has 0 aromatic heterocycles. The Morgan fingerprint density at radius 1 is 1.00 bits per heavy atom. The van der Waals surface area contributed by atoms with E-state index in [-0.39, 0.29) is 10.8 Å². The van der Waals surface area contributed by atoms with Crippen LogP contribution in [-0.2, 0) is 10.0 Å². The second-order valence-electron chi connectivity index (χ2n) is 8.10. The predicted molar refractivity (Wildman–Crippen MR) is 123 cm³/mol. The standard InChI is InChI=1S/C24H32N2O4S/c1-26(31(28,29)23-15-13-22(30-2)14-16-23)21-11-9-20(10-12-21)24(27)25-18-17-19-7-5-3-4-6-8-19/h9-16,19H,3-8,17-18H2,1-2H3,(H,25,27). The van der Waals surface area contributed by atoms with Gasteiger partial charge >= 0.3 is 0 Å². The van der Waals surface area contributed by atoms with Gasteiger partial charge in [0.25, 0.3) is 15.9 Å². The van der Waals surface area contributed by atoms with Gasteiger partial charge in [-0.05, 0) is 60.9 Å². The van der Waals surface area contributed by atoms with Crippen molar-refractivity contribution in [2.24, 2.45) is 5.92 Å². The molecule has 7 heteroatoms. The average molecular weight is 445 g/mol. The number of hydrogen-bond donors (Lipinski definition) is 1. The van der Waals surface area contributed by atoms with E-state index in [1.54, 1.807) is 36.4 Å². The van der Waals surface area contributed by atoms with Crippen LogP contribution in [0.2, 0.25) is 0 Å². The highest BCUT2D eigenvalue weighted by atomic mass is 32.2. The number of amides is 1. The summed E-state index contributed by atoms with van der Waals surface area (Å²) in [6, 6.07) is 12.9. The van der Waals surface area contributed by atoms with Crippen LogP contribution in [0.1, 0.15) is 55.3 Å². The molecule has 6 nitrogen and oxygen atoms in total. The molecular formula is C24H32N2O4S. The Morgan fingerprint density at radius 3 is 2.19 bits per heavy atom. The molecule has 0 unspecified atom stereocenters. The zero-order valence-electron chi connectivity index (χ0n) is 18.3. The Balaban J connectivity index is 1.58. The predicted octanol–water partition coefficient (Wildman–Crippen LogP) is 4.61. The Hall–Kier alpha value is -2.54. The van der Waals surface area contributed by atoms with Crippen molar-refractivity contribution in [2.75, 3.05) is 25.0 Å². The Kier molecular flexibility index (Phi) is 7.96. The van der Waals surface area contributed by atoms with Gasteiger partial charge in [0.15, 0.2) is 0 Å². The quantitative estimate of drug-likeness (QED) is 0.603. The van der Waals surface area contributed by atoms with Crippen molar-refractivity contribution in [1.82, 2.24) is 5.32 Å². The maximum absolute atomic E-state index is 12.9. The first kappa shape index (κ1) is 23.1. The molecular weight excluding hydrogens is 412 g/mol. The molecule has 168 valence electrons. The second kappa shape index (κ2) is 10.7. The van der Waals surface area contributed by atoms with Gasteiger partial charge in [0, 0.05) is 19.2 Å². The van der Waals surface area contributed by atoms with Crippen LogP contribution in [0, 0.1) is 5.92 Å². The fourth-order valence-electron chi connectivity index (χ4n) is 4.01. The summed E-state index contributed by atoms with van der Waals surface area (Å²) in [5.74, 6) is 1.18. The van der Waals surface area contributed by atoms with Crippen molar-refractivity contribution in [3.63, 3.8) is 0 Å². The molecule has 0 saturated heterocycles. The van der Waals surface area contributed by atoms with E-state index in [0.29, 0.717) is 29.5 Å². The van der Waals surface area contributed by atoms with Gasteiger partial charge in [-0.15, -0.1) is 0 Å². The number of ether oxygens (including phenoxy) is 1. The van der Waals surface area contributed by atoms with Crippen molar-refractivity contribution in [3.05, 3.63) is 54.1 Å². The molecule has 2 aromatic rings. The highest BCUT2D eigenvalue weighted by Crippen LogP contribution is 2.26. The van der Waals surface area contributed by atoms with Crippen LogP contribution >= 0.6 is 0 Å². The highest BCUT2D eigenvalue weighted by Gasteiger charge is 2.21. The monoisotopic (exact) mass is 444 g/mol. The third-order valence-electron chi connectivity index (χ3n) is 6.02. The summed E-state index contributed by atoms with van der Waals surface area (Å²) in [5.41, 5.74) is 1.02. The molecule has 0 aliphatic heterocycles. The third-order valence-corrected chi connectivity index (χ3v) is 7.82. The number of nitrogens with one attached hydrogen (secondary N) is 1. The lowest BCUT2D eigenvalue weighted by Gasteiger charge is -2.20. The van der Waals surface area contributed by atoms with Crippen LogP contribution in [0.25, 0.3) is 0 Å². The molecule has 0 atom stereocenters. The van der Waals surface area contributed by atoms with Gasteiger partial charge in [0.2, 0.25) is 0 Å². The van der Waals surface area contributed by atoms with Crippen molar-refractivity contribution in [2.45, 2.75) is 49.8 Å². The molecule has 0 radical (unpaired) electrons. The fourth-order valence-corrected chi connectivity index (χ4v) is 5.21. The number of benzene rings is 2. The lowest BCUT2D eigenvalue weighted by atomic mass is 9.97. The van der Waals surface area contributed by atoms with Crippen LogP contribution < -0.4 is 14.4 Å². The number of nitrogens with zero attached hydrogens (tertiary/aromatic N) is 1. The SMILES string of the molecule is COc1ccc(S(=O)(=O)N(C)c2ccc(C(=O)NCCC3CCCCCC3)cc2)cc1. The van der Waals surface area contributed by atoms with E-state index in [1.807, 2.05) is 0 Å². The van der Waals surface area contributed by atoms with Gasteiger partial charge in [-0.3, -0.25) is 9.10 Å². The lowest BCUT2D eigenvalue weighted by Crippen LogP contribution is -2.27. The molecule has 1 aliphatic rings. The molecule has 1 N–H and O–H groups in total. The molecule has 1 saturated carbocycles. The first-order valence-corrected chi connectivity index (χ1v) is 12.4. The number of carbonyl (C=O) groups excluding carboxylic acids is 1. The van der Waals surface area contributed by atoms with Crippen LogP contribution in [0.5, 0.6) is 5.75 Å². The normalized spacial score (nSPS) is 15.2. The van der Waals surface area contributed by atoms with Crippen molar-refractivity contribution < 1.29 is 17.9 Å². The smallest absolute Gasteiger partial charge is 0.264 e. The van der Waals surface area contributed by atoms with Crippen molar-refractivity contribution in [1.29, 1.82) is 0 Å². The van der Waals surface area contributed by atoms with Crippen LogP contribution in [0.3, 0.4) is 0 Å². The minimum atomic E-state index is -3.70. The van der Waals surface area contributed by atoms with Crippen LogP contribution in [-0.4, -0.2) is 35.0 Å². The molecule has 3 rings (SSSR count). The zero-order chi connectivity index (χ0) is 22.3. The van der Waals surface area contributed by atoms with E-state index in [0.717, 1.165) is 6.42 Å². The zero-order valence-corrected chi connectivity index (χ0v) is 19.2. The first-order chi connectivity index (χ1) is 14.9. The summed E-state index contributed by atoms with van der Waals surface area (Å²) in [7, 11) is -0.669. The molecule has 1 amide bonds. The maximum Gasteiger partial charge on any atom is 0.264 e. The first-order valence-electron chi connectivity index (χ1n) is 10.9. The van der Waals surface area contributed by atoms with E-state index in [9.17, 15) is 13.2 Å². The third kappa shape index (κ3) is 6.00. The number of sulfonamides is 1. The van der Waals surface area contributed by atoms with Gasteiger partial charge in [-0.25, -0.2) is 8.42 Å². The molecule has 31 heavy (non-hydrogen) atoms. The molecule has 0 bridgehead atoms. The van der Waals surface area contributed by atoms with E-state index in [2.05, 4.69) is 5.32 Å². The number of rotatable bonds is 8. The summed E-state index contributed by atoms with van der Waals surface area (Å²) < 4.78 is 32.0. The largest absolute Gasteiger partial charge is 0.497 e. The van der Waals surface area contributed by atoms with Gasteiger partial charge in [-0.2, -0.15) is 0 Å². The number of carbonyl (C=O) groups is 1. The molecule has 1 aliphatic carbocycles. The summed E-state index contributed by atoms with van der Waals surface area (Å²) in [5, 5.41) is 3.00. The van der Waals surface area contributed by atoms with Crippen molar-refractivity contribution in [3.8, 4) is 5.75 Å². The van der Waals surface area contributed by atoms with E-state index in [4.69, 9.17) is 4.74 Å². The molecule has 0 heterocycles. The average Bonchev–Trinajstić information content (AvgIpc) is 3.07. The maximum atomic E-state index is 12.9. The topological polar surface area (TPSA) is 75.7 Å². The summed E-state index contributed by atoms with van der Waals surface area (Å²) in [6.07, 6.45) is 8.81. The molecule has 0 spiro atoms. The van der Waals surface area contributed by atoms with Crippen molar-refractivity contribution >= 4 is 21.6 Å². The second-order valence-corrected chi connectivity index (χ2v) is 10.1. The Labute approximate surface area is 185 Å². The Bertz CT molecular complexity index is 948. The highest BCUT2D eigenvalue weighted by molar-refractivity contribution is 7.92. The number of anilines is 1. The summed E-state index contributed by atoms with van der Waals surface area (Å²) in [6.45, 7) is 0.678. The van der Waals surface area contributed by atoms with E-state index < -0.39 is 10.0 Å². The van der Waals surface area contributed by atoms with E-state index >= 15 is 0 Å². The number of methoxy groups -OCH3 is 1. The van der Waals surface area contributed by atoms with Gasteiger partial charge < -0.3 is 10.1 Å². The molecule has 1 fully saturated rings. The number of hydrogen-bond acceptors (Lipinski definition) is 4. The van der Waals surface area contributed by atoms with Gasteiger partial charge in [0.1, 0.15) is 5.75 Å². The molecule has 2 aromatic carbocycles. The summed E-state index contributed by atoms with van der Waals surface area (Å²) in [4.78, 5) is 12.6. The fraction of sp³-hybridized carbons (Fsp3) is 0.458. The Morgan fingerprint density at radius 2 is 1.61 bits per heavy atom. The van der Waals surface area contributed by atoms with E-state index in [1.165, 1.54) is 69.1 Å². The minimum Gasteiger partial charge on any atom is -0.497 e. The lowest BCUT2D eigenvalue weighted by molar-refractivity contribution is 0.0951. The summed E-state index contributed by atoms with van der Waals surface area (Å²) >= 11 is 0. The van der Waals surface area contributed by atoms with Gasteiger partial charge in [0.05, 0.1) is 17.7 Å². The van der Waals surface area contributed by atoms with Crippen LogP contribution in [0.4, 0.5) is 5.69 Å². The van der Waals surface area contributed by atoms with Crippen LogP contribution in [0.15, 0.2) is 53.4 Å².